The summed E-state index contributed by atoms with van der Waals surface area (Å²) in [6, 6.07) is -0.916. The number of allylic oxidation sites excluding steroid dienone is 9. The highest BCUT2D eigenvalue weighted by Crippen LogP contribution is 2.30. The van der Waals surface area contributed by atoms with Gasteiger partial charge in [0.05, 0.1) is 32.0 Å². The predicted octanol–water partition coefficient (Wildman–Crippen LogP) is 12.5. The topological polar surface area (TPSA) is 228 Å². The second kappa shape index (κ2) is 52.1. The number of hydrogen-bond acceptors (Lipinski definition) is 13. The van der Waals surface area contributed by atoms with E-state index in [2.05, 4.69) is 67.8 Å². The zero-order valence-corrected chi connectivity index (χ0v) is 51.0. The van der Waals surface area contributed by atoms with Crippen molar-refractivity contribution >= 4 is 5.91 Å². The number of carbonyl (C=O) groups is 1. The number of aliphatic hydroxyl groups excluding tert-OH is 8. The van der Waals surface area contributed by atoms with Gasteiger partial charge in [-0.3, -0.25) is 4.79 Å². The third-order valence-corrected chi connectivity index (χ3v) is 16.0. The van der Waals surface area contributed by atoms with Gasteiger partial charge in [-0.15, -0.1) is 0 Å². The van der Waals surface area contributed by atoms with Gasteiger partial charge in [-0.2, -0.15) is 0 Å². The van der Waals surface area contributed by atoms with Crippen LogP contribution >= 0.6 is 0 Å². The molecular weight excluding hydrogens is 1030 g/mol. The lowest BCUT2D eigenvalue weighted by Crippen LogP contribution is -2.65. The molecule has 14 nitrogen and oxygen atoms in total. The van der Waals surface area contributed by atoms with Crippen LogP contribution in [-0.2, 0) is 23.7 Å². The number of hydrogen-bond donors (Lipinski definition) is 9. The fourth-order valence-corrected chi connectivity index (χ4v) is 10.7. The van der Waals surface area contributed by atoms with Crippen molar-refractivity contribution in [2.45, 2.75) is 338 Å². The average molecular weight is 1150 g/mol. The molecule has 2 aliphatic rings. The molecule has 0 aromatic carbocycles. The van der Waals surface area contributed by atoms with Crippen molar-refractivity contribution in [3.63, 3.8) is 0 Å². The van der Waals surface area contributed by atoms with Crippen molar-refractivity contribution < 1.29 is 64.6 Å². The van der Waals surface area contributed by atoms with Crippen LogP contribution in [0.5, 0.6) is 0 Å². The third kappa shape index (κ3) is 37.0. The van der Waals surface area contributed by atoms with Crippen LogP contribution in [-0.4, -0.2) is 140 Å². The quantitative estimate of drug-likeness (QED) is 0.0204. The van der Waals surface area contributed by atoms with Gasteiger partial charge in [0, 0.05) is 6.42 Å². The molecule has 0 aliphatic carbocycles. The molecule has 0 spiro atoms. The molecule has 14 heteroatoms. The number of amides is 1. The molecule has 12 atom stereocenters. The Kier molecular flexibility index (Phi) is 48.1. The Morgan fingerprint density at radius 3 is 1.31 bits per heavy atom. The normalized spacial score (nSPS) is 24.5. The average Bonchev–Trinajstić information content (AvgIpc) is 3.47. The molecule has 12 unspecified atom stereocenters. The van der Waals surface area contributed by atoms with Crippen LogP contribution in [0, 0.1) is 0 Å². The Morgan fingerprint density at radius 1 is 0.457 bits per heavy atom. The summed E-state index contributed by atoms with van der Waals surface area (Å²) < 4.78 is 22.8. The van der Waals surface area contributed by atoms with E-state index in [9.17, 15) is 45.6 Å². The Labute approximate surface area is 492 Å². The Bertz CT molecular complexity index is 1590. The summed E-state index contributed by atoms with van der Waals surface area (Å²) in [5.74, 6) is -0.238. The van der Waals surface area contributed by atoms with Gasteiger partial charge in [0.2, 0.25) is 5.91 Å². The highest BCUT2D eigenvalue weighted by molar-refractivity contribution is 5.76. The summed E-state index contributed by atoms with van der Waals surface area (Å²) in [4.78, 5) is 13.3. The fraction of sp³-hybridized carbons (Fsp3) is 0.836. The molecule has 2 fully saturated rings. The van der Waals surface area contributed by atoms with Crippen LogP contribution in [0.4, 0.5) is 0 Å². The summed E-state index contributed by atoms with van der Waals surface area (Å²) in [6.07, 6.45) is 51.2. The molecule has 0 bridgehead atoms. The fourth-order valence-electron chi connectivity index (χ4n) is 10.7. The Hall–Kier alpha value is -2.31. The number of carbonyl (C=O) groups excluding carboxylic acids is 1. The molecule has 2 rings (SSSR count). The summed E-state index contributed by atoms with van der Waals surface area (Å²) in [5.41, 5.74) is 0. The summed E-state index contributed by atoms with van der Waals surface area (Å²) >= 11 is 0. The van der Waals surface area contributed by atoms with Crippen LogP contribution in [0.3, 0.4) is 0 Å². The summed E-state index contributed by atoms with van der Waals surface area (Å²) in [6.45, 7) is 2.71. The van der Waals surface area contributed by atoms with Gasteiger partial charge in [0.1, 0.15) is 48.8 Å². The molecule has 81 heavy (non-hydrogen) atoms. The predicted molar refractivity (Wildman–Crippen MR) is 327 cm³/mol. The minimum absolute atomic E-state index is 0.238. The molecule has 472 valence electrons. The van der Waals surface area contributed by atoms with Crippen molar-refractivity contribution in [1.29, 1.82) is 0 Å². The first-order valence-electron chi connectivity index (χ1n) is 33.0. The van der Waals surface area contributed by atoms with Gasteiger partial charge < -0.3 is 65.1 Å². The molecule has 0 aromatic heterocycles. The van der Waals surface area contributed by atoms with E-state index >= 15 is 0 Å². The van der Waals surface area contributed by atoms with Gasteiger partial charge in [-0.05, 0) is 57.8 Å². The van der Waals surface area contributed by atoms with Gasteiger partial charge in [-0.1, -0.05) is 261 Å². The minimum Gasteiger partial charge on any atom is -0.394 e. The van der Waals surface area contributed by atoms with E-state index < -0.39 is 86.8 Å². The second-order valence-electron chi connectivity index (χ2n) is 23.2. The minimum atomic E-state index is -1.79. The molecule has 2 heterocycles. The molecular formula is C67H121NO13. The monoisotopic (exact) mass is 1150 g/mol. The first-order chi connectivity index (χ1) is 39.6. The molecule has 2 aliphatic heterocycles. The maximum Gasteiger partial charge on any atom is 0.220 e. The van der Waals surface area contributed by atoms with E-state index in [1.165, 1.54) is 173 Å². The van der Waals surface area contributed by atoms with Gasteiger partial charge in [0.25, 0.3) is 0 Å². The van der Waals surface area contributed by atoms with Crippen LogP contribution in [0.15, 0.2) is 60.8 Å². The van der Waals surface area contributed by atoms with Crippen molar-refractivity contribution in [2.75, 3.05) is 19.8 Å². The van der Waals surface area contributed by atoms with Crippen LogP contribution in [0.1, 0.15) is 264 Å². The first-order valence-corrected chi connectivity index (χ1v) is 33.0. The van der Waals surface area contributed by atoms with E-state index in [-0.39, 0.29) is 18.9 Å². The zero-order chi connectivity index (χ0) is 58.8. The lowest BCUT2D eigenvalue weighted by atomic mass is 9.97. The second-order valence-corrected chi connectivity index (χ2v) is 23.2. The van der Waals surface area contributed by atoms with E-state index in [0.717, 1.165) is 64.2 Å². The summed E-state index contributed by atoms with van der Waals surface area (Å²) in [7, 11) is 0. The number of unbranched alkanes of at least 4 members (excludes halogenated alkanes) is 32. The lowest BCUT2D eigenvalue weighted by molar-refractivity contribution is -0.359. The van der Waals surface area contributed by atoms with Gasteiger partial charge >= 0.3 is 0 Å². The van der Waals surface area contributed by atoms with Gasteiger partial charge in [0.15, 0.2) is 12.6 Å². The van der Waals surface area contributed by atoms with E-state index in [0.29, 0.717) is 6.42 Å². The zero-order valence-electron chi connectivity index (χ0n) is 51.0. The standard InChI is InChI=1S/C67H121NO13/c1-3-5-7-9-11-13-15-17-19-21-23-24-25-26-27-28-29-30-31-32-33-35-37-39-41-43-45-47-49-51-59(72)68-55(56(71)50-48-46-44-42-40-38-36-34-22-20-18-16-14-12-10-8-6-4-2)54-78-66-64(77)62(75)65(58(53-70)80-66)81-67-63(76)61(74)60(73)57(52-69)79-67/h5,7,11,13,17,19,23-24,48,50,55-58,60-67,69-71,73-77H,3-4,6,8-10,12,14-16,18,20-22,25-47,49,51-54H2,1-2H3,(H,68,72)/b7-5-,13-11-,19-17-,24-23-,50-48+. The summed E-state index contributed by atoms with van der Waals surface area (Å²) in [5, 5.41) is 87.3. The molecule has 0 radical (unpaired) electrons. The highest BCUT2D eigenvalue weighted by atomic mass is 16.7. The Morgan fingerprint density at radius 2 is 0.852 bits per heavy atom. The largest absolute Gasteiger partial charge is 0.394 e. The SMILES string of the molecule is CC/C=C\C/C=C\C/C=C\C/C=C\CCCCCCCCCCCCCCCCCCC(=O)NC(COC1OC(CO)C(OC2OC(CO)C(O)C(O)C2O)C(O)C1O)C(O)/C=C/CCCCCCCCCCCCCCCCCC. The van der Waals surface area contributed by atoms with Gasteiger partial charge in [-0.25, -0.2) is 0 Å². The maximum absolute atomic E-state index is 13.3. The molecule has 9 N–H and O–H groups in total. The molecule has 0 saturated carbocycles. The highest BCUT2D eigenvalue weighted by Gasteiger charge is 2.51. The first kappa shape index (κ1) is 74.8. The third-order valence-electron chi connectivity index (χ3n) is 16.0. The molecule has 1 amide bonds. The van der Waals surface area contributed by atoms with E-state index in [1.54, 1.807) is 6.08 Å². The molecule has 2 saturated heterocycles. The van der Waals surface area contributed by atoms with Crippen LogP contribution in [0.2, 0.25) is 0 Å². The van der Waals surface area contributed by atoms with E-state index in [4.69, 9.17) is 18.9 Å². The van der Waals surface area contributed by atoms with Crippen molar-refractivity contribution in [1.82, 2.24) is 5.32 Å². The lowest BCUT2D eigenvalue weighted by Gasteiger charge is -2.46. The van der Waals surface area contributed by atoms with Crippen molar-refractivity contribution in [3.8, 4) is 0 Å². The van der Waals surface area contributed by atoms with Crippen LogP contribution < -0.4 is 5.32 Å². The van der Waals surface area contributed by atoms with Crippen molar-refractivity contribution in [3.05, 3.63) is 60.8 Å². The number of ether oxygens (including phenoxy) is 4. The number of rotatable bonds is 53. The van der Waals surface area contributed by atoms with Crippen molar-refractivity contribution in [2.24, 2.45) is 0 Å². The number of aliphatic hydroxyl groups is 8. The number of nitrogens with one attached hydrogen (secondary N) is 1. The smallest absolute Gasteiger partial charge is 0.220 e. The van der Waals surface area contributed by atoms with Crippen LogP contribution in [0.25, 0.3) is 0 Å². The molecule has 0 aromatic rings. The maximum atomic E-state index is 13.3. The van der Waals surface area contributed by atoms with E-state index in [1.807, 2.05) is 6.08 Å². The Balaban J connectivity index is 1.69.